The molecule has 2 aromatic carbocycles. The Labute approximate surface area is 130 Å². The molecule has 2 N–H and O–H groups in total. The maximum absolute atomic E-state index is 9.27. The first-order chi connectivity index (χ1) is 9.04. The van der Waals surface area contributed by atoms with Gasteiger partial charge in [0, 0.05) is 20.7 Å². The third kappa shape index (κ3) is 4.25. The van der Waals surface area contributed by atoms with Crippen LogP contribution in [0.15, 0.2) is 51.4 Å². The average molecular weight is 385 g/mol. The van der Waals surface area contributed by atoms with Crippen LogP contribution in [-0.4, -0.2) is 11.1 Å². The Bertz CT molecular complexity index is 555. The standard InChI is InChI=1S/C15H15Br2NO/c1-10(8-11-2-5-13(19)6-3-11)18-15-9-12(16)4-7-14(15)17/h2-7,9-10,18-19H,8H2,1H3. The molecule has 19 heavy (non-hydrogen) atoms. The van der Waals surface area contributed by atoms with E-state index in [1.54, 1.807) is 12.1 Å². The van der Waals surface area contributed by atoms with Crippen LogP contribution in [0.1, 0.15) is 12.5 Å². The number of halogens is 2. The number of benzene rings is 2. The third-order valence-corrected chi connectivity index (χ3v) is 3.99. The molecule has 0 bridgehead atoms. The minimum absolute atomic E-state index is 0.301. The van der Waals surface area contributed by atoms with E-state index in [-0.39, 0.29) is 0 Å². The molecule has 2 aromatic rings. The largest absolute Gasteiger partial charge is 0.508 e. The summed E-state index contributed by atoms with van der Waals surface area (Å²) in [6.07, 6.45) is 0.902. The van der Waals surface area contributed by atoms with Crippen molar-refractivity contribution in [3.63, 3.8) is 0 Å². The minimum atomic E-state index is 0.301. The van der Waals surface area contributed by atoms with Gasteiger partial charge in [-0.3, -0.25) is 0 Å². The van der Waals surface area contributed by atoms with E-state index in [0.29, 0.717) is 11.8 Å². The van der Waals surface area contributed by atoms with Crippen molar-refractivity contribution in [3.8, 4) is 5.75 Å². The van der Waals surface area contributed by atoms with E-state index in [4.69, 9.17) is 0 Å². The number of anilines is 1. The van der Waals surface area contributed by atoms with E-state index in [2.05, 4.69) is 50.2 Å². The Hall–Kier alpha value is -1.000. The molecular weight excluding hydrogens is 370 g/mol. The summed E-state index contributed by atoms with van der Waals surface area (Å²) in [5, 5.41) is 12.7. The number of nitrogens with one attached hydrogen (secondary N) is 1. The van der Waals surface area contributed by atoms with Crippen molar-refractivity contribution in [2.45, 2.75) is 19.4 Å². The molecule has 0 aliphatic carbocycles. The quantitative estimate of drug-likeness (QED) is 0.780. The number of aromatic hydroxyl groups is 1. The predicted molar refractivity (Wildman–Crippen MR) is 86.7 cm³/mol. The van der Waals surface area contributed by atoms with Gasteiger partial charge in [-0.1, -0.05) is 28.1 Å². The molecule has 0 amide bonds. The van der Waals surface area contributed by atoms with Crippen LogP contribution in [0.5, 0.6) is 5.75 Å². The summed E-state index contributed by atoms with van der Waals surface area (Å²) in [7, 11) is 0. The van der Waals surface area contributed by atoms with Gasteiger partial charge in [-0.05, 0) is 65.2 Å². The Kier molecular flexibility index (Phi) is 4.88. The van der Waals surface area contributed by atoms with Crippen molar-refractivity contribution in [3.05, 3.63) is 57.0 Å². The maximum atomic E-state index is 9.27. The monoisotopic (exact) mass is 383 g/mol. The van der Waals surface area contributed by atoms with Crippen LogP contribution in [0.4, 0.5) is 5.69 Å². The summed E-state index contributed by atoms with van der Waals surface area (Å²) < 4.78 is 2.10. The van der Waals surface area contributed by atoms with Crippen LogP contribution < -0.4 is 5.32 Å². The molecule has 0 saturated carbocycles. The smallest absolute Gasteiger partial charge is 0.115 e. The van der Waals surface area contributed by atoms with E-state index < -0.39 is 0 Å². The third-order valence-electron chi connectivity index (χ3n) is 2.81. The average Bonchev–Trinajstić information content (AvgIpc) is 2.37. The van der Waals surface area contributed by atoms with Gasteiger partial charge in [0.2, 0.25) is 0 Å². The lowest BCUT2D eigenvalue weighted by Gasteiger charge is -2.17. The van der Waals surface area contributed by atoms with Crippen molar-refractivity contribution in [1.82, 2.24) is 0 Å². The zero-order valence-electron chi connectivity index (χ0n) is 10.5. The number of hydrogen-bond donors (Lipinski definition) is 2. The summed E-state index contributed by atoms with van der Waals surface area (Å²) in [6.45, 7) is 2.14. The maximum Gasteiger partial charge on any atom is 0.115 e. The van der Waals surface area contributed by atoms with Crippen LogP contribution in [0.3, 0.4) is 0 Å². The molecule has 0 spiro atoms. The number of rotatable bonds is 4. The molecule has 0 saturated heterocycles. The Morgan fingerprint density at radius 3 is 2.47 bits per heavy atom. The Morgan fingerprint density at radius 1 is 1.11 bits per heavy atom. The first kappa shape index (κ1) is 14.4. The van der Waals surface area contributed by atoms with Crippen LogP contribution in [-0.2, 0) is 6.42 Å². The van der Waals surface area contributed by atoms with Gasteiger partial charge in [0.1, 0.15) is 5.75 Å². The van der Waals surface area contributed by atoms with E-state index in [1.165, 1.54) is 5.56 Å². The van der Waals surface area contributed by atoms with Crippen molar-refractivity contribution in [2.24, 2.45) is 0 Å². The summed E-state index contributed by atoms with van der Waals surface area (Å²) in [4.78, 5) is 0. The van der Waals surface area contributed by atoms with E-state index in [1.807, 2.05) is 24.3 Å². The van der Waals surface area contributed by atoms with Gasteiger partial charge in [0.15, 0.2) is 0 Å². The summed E-state index contributed by atoms with van der Waals surface area (Å²) in [6, 6.07) is 13.7. The lowest BCUT2D eigenvalue weighted by Crippen LogP contribution is -2.18. The number of phenols is 1. The van der Waals surface area contributed by atoms with Gasteiger partial charge < -0.3 is 10.4 Å². The lowest BCUT2D eigenvalue weighted by atomic mass is 10.1. The molecule has 0 heterocycles. The highest BCUT2D eigenvalue weighted by Gasteiger charge is 2.07. The fourth-order valence-electron chi connectivity index (χ4n) is 1.91. The number of phenolic OH excluding ortho intramolecular Hbond substituents is 1. The van der Waals surface area contributed by atoms with Crippen LogP contribution in [0.2, 0.25) is 0 Å². The van der Waals surface area contributed by atoms with Crippen LogP contribution in [0.25, 0.3) is 0 Å². The van der Waals surface area contributed by atoms with E-state index in [0.717, 1.165) is 21.1 Å². The zero-order chi connectivity index (χ0) is 13.8. The van der Waals surface area contributed by atoms with Gasteiger partial charge in [-0.2, -0.15) is 0 Å². The second-order valence-electron chi connectivity index (χ2n) is 4.54. The molecule has 0 radical (unpaired) electrons. The fraction of sp³-hybridized carbons (Fsp3) is 0.200. The highest BCUT2D eigenvalue weighted by atomic mass is 79.9. The van der Waals surface area contributed by atoms with Gasteiger partial charge >= 0.3 is 0 Å². The summed E-state index contributed by atoms with van der Waals surface area (Å²) >= 11 is 7.01. The molecule has 0 aromatic heterocycles. The van der Waals surface area contributed by atoms with Crippen molar-refractivity contribution < 1.29 is 5.11 Å². The van der Waals surface area contributed by atoms with Gasteiger partial charge in [-0.15, -0.1) is 0 Å². The second-order valence-corrected chi connectivity index (χ2v) is 6.31. The topological polar surface area (TPSA) is 32.3 Å². The fourth-order valence-corrected chi connectivity index (χ4v) is 2.63. The summed E-state index contributed by atoms with van der Waals surface area (Å²) in [5.74, 6) is 0.305. The first-order valence-corrected chi connectivity index (χ1v) is 7.62. The van der Waals surface area contributed by atoms with E-state index in [9.17, 15) is 5.11 Å². The molecule has 0 fully saturated rings. The van der Waals surface area contributed by atoms with Gasteiger partial charge in [0.05, 0.1) is 0 Å². The van der Waals surface area contributed by atoms with Gasteiger partial charge in [0.25, 0.3) is 0 Å². The minimum Gasteiger partial charge on any atom is -0.508 e. The van der Waals surface area contributed by atoms with Crippen molar-refractivity contribution >= 4 is 37.5 Å². The molecule has 100 valence electrons. The molecule has 1 unspecified atom stereocenters. The molecule has 0 aliphatic heterocycles. The molecule has 4 heteroatoms. The molecule has 2 nitrogen and oxygen atoms in total. The van der Waals surface area contributed by atoms with Crippen molar-refractivity contribution in [1.29, 1.82) is 0 Å². The van der Waals surface area contributed by atoms with Crippen molar-refractivity contribution in [2.75, 3.05) is 5.32 Å². The highest BCUT2D eigenvalue weighted by molar-refractivity contribution is 9.11. The first-order valence-electron chi connectivity index (χ1n) is 6.04. The molecule has 2 rings (SSSR count). The van der Waals surface area contributed by atoms with E-state index >= 15 is 0 Å². The molecule has 0 aliphatic rings. The predicted octanol–water partition coefficient (Wildman–Crippen LogP) is 4.96. The Morgan fingerprint density at radius 2 is 1.79 bits per heavy atom. The van der Waals surface area contributed by atoms with Crippen LogP contribution in [0, 0.1) is 0 Å². The lowest BCUT2D eigenvalue weighted by molar-refractivity contribution is 0.475. The van der Waals surface area contributed by atoms with Gasteiger partial charge in [-0.25, -0.2) is 0 Å². The highest BCUT2D eigenvalue weighted by Crippen LogP contribution is 2.27. The normalized spacial score (nSPS) is 12.2. The number of hydrogen-bond acceptors (Lipinski definition) is 2. The summed E-state index contributed by atoms with van der Waals surface area (Å²) in [5.41, 5.74) is 2.27. The SMILES string of the molecule is CC(Cc1ccc(O)cc1)Nc1cc(Br)ccc1Br. The zero-order valence-corrected chi connectivity index (χ0v) is 13.7. The Balaban J connectivity index is 2.02. The van der Waals surface area contributed by atoms with Crippen LogP contribution >= 0.6 is 31.9 Å². The second kappa shape index (κ2) is 6.44. The molecule has 1 atom stereocenters. The molecular formula is C15H15Br2NO.